The van der Waals surface area contributed by atoms with Crippen LogP contribution in [0.4, 0.5) is 11.6 Å². The molecule has 2 heterocycles. The molecular weight excluding hydrogens is 274 g/mol. The second kappa shape index (κ2) is 5.24. The molecule has 2 rings (SSSR count). The lowest BCUT2D eigenvalue weighted by molar-refractivity contribution is 0.567. The fourth-order valence-electron chi connectivity index (χ4n) is 2.38. The van der Waals surface area contributed by atoms with Gasteiger partial charge in [-0.2, -0.15) is 0 Å². The topological polar surface area (TPSA) is 62.3 Å². The first-order valence-electron chi connectivity index (χ1n) is 6.89. The van der Waals surface area contributed by atoms with Crippen LogP contribution in [0.15, 0.2) is 18.2 Å². The Hall–Kier alpha value is -1.30. The molecule has 1 unspecified atom stereocenters. The van der Waals surface area contributed by atoms with Crippen LogP contribution in [0.25, 0.3) is 0 Å². The summed E-state index contributed by atoms with van der Waals surface area (Å²) < 4.78 is 23.3. The van der Waals surface area contributed by atoms with Crippen molar-refractivity contribution in [3.05, 3.63) is 18.2 Å². The second-order valence-electron chi connectivity index (χ2n) is 6.41. The molecule has 0 saturated carbocycles. The molecule has 1 aliphatic heterocycles. The number of hydrogen-bond acceptors (Lipinski definition) is 5. The molecule has 5 nitrogen and oxygen atoms in total. The van der Waals surface area contributed by atoms with E-state index in [1.165, 1.54) is 0 Å². The molecule has 0 aliphatic carbocycles. The van der Waals surface area contributed by atoms with Gasteiger partial charge in [-0.25, -0.2) is 13.4 Å². The zero-order valence-electron chi connectivity index (χ0n) is 12.5. The van der Waals surface area contributed by atoms with Crippen LogP contribution >= 0.6 is 0 Å². The van der Waals surface area contributed by atoms with Crippen molar-refractivity contribution in [1.82, 2.24) is 4.98 Å². The molecule has 20 heavy (non-hydrogen) atoms. The third-order valence-electron chi connectivity index (χ3n) is 3.20. The standard InChI is InChI=1S/C14H23N3O2S/c1-11-10-20(18,19)9-8-17(11)13-7-5-6-12(15-13)16-14(2,3)4/h5-7,11H,8-10H2,1-4H3,(H,15,16). The van der Waals surface area contributed by atoms with Gasteiger partial charge in [-0.05, 0) is 39.8 Å². The predicted molar refractivity (Wildman–Crippen MR) is 83.1 cm³/mol. The van der Waals surface area contributed by atoms with Crippen molar-refractivity contribution in [1.29, 1.82) is 0 Å². The van der Waals surface area contributed by atoms with Gasteiger partial charge in [0.1, 0.15) is 11.6 Å². The van der Waals surface area contributed by atoms with Crippen molar-refractivity contribution in [2.24, 2.45) is 0 Å². The highest BCUT2D eigenvalue weighted by molar-refractivity contribution is 7.91. The second-order valence-corrected chi connectivity index (χ2v) is 8.64. The molecule has 112 valence electrons. The van der Waals surface area contributed by atoms with E-state index in [1.54, 1.807) is 0 Å². The van der Waals surface area contributed by atoms with E-state index in [9.17, 15) is 8.42 Å². The molecule has 0 aromatic carbocycles. The highest BCUT2D eigenvalue weighted by Gasteiger charge is 2.29. The molecule has 1 N–H and O–H groups in total. The van der Waals surface area contributed by atoms with Crippen molar-refractivity contribution in [2.45, 2.75) is 39.3 Å². The average Bonchev–Trinajstić information content (AvgIpc) is 2.25. The van der Waals surface area contributed by atoms with Gasteiger partial charge in [-0.3, -0.25) is 0 Å². The Balaban J connectivity index is 2.19. The maximum atomic E-state index is 11.6. The van der Waals surface area contributed by atoms with Gasteiger partial charge in [0.15, 0.2) is 9.84 Å². The van der Waals surface area contributed by atoms with E-state index in [0.29, 0.717) is 6.54 Å². The fraction of sp³-hybridized carbons (Fsp3) is 0.643. The molecule has 6 heteroatoms. The third kappa shape index (κ3) is 3.85. The summed E-state index contributed by atoms with van der Waals surface area (Å²) in [6.45, 7) is 8.68. The summed E-state index contributed by atoms with van der Waals surface area (Å²) in [5, 5.41) is 3.34. The van der Waals surface area contributed by atoms with E-state index in [4.69, 9.17) is 0 Å². The SMILES string of the molecule is CC1CS(=O)(=O)CCN1c1cccc(NC(C)(C)C)n1. The molecule has 1 atom stereocenters. The normalized spacial score (nSPS) is 22.6. The molecule has 1 aliphatic rings. The van der Waals surface area contributed by atoms with Gasteiger partial charge in [0, 0.05) is 18.1 Å². The van der Waals surface area contributed by atoms with E-state index in [-0.39, 0.29) is 23.1 Å². The first-order chi connectivity index (χ1) is 9.16. The lowest BCUT2D eigenvalue weighted by Gasteiger charge is -2.34. The molecule has 0 bridgehead atoms. The third-order valence-corrected chi connectivity index (χ3v) is 5.00. The van der Waals surface area contributed by atoms with Gasteiger partial charge in [-0.15, -0.1) is 0 Å². The fourth-order valence-corrected chi connectivity index (χ4v) is 3.93. The lowest BCUT2D eigenvalue weighted by atomic mass is 10.1. The van der Waals surface area contributed by atoms with Gasteiger partial charge in [0.05, 0.1) is 11.5 Å². The van der Waals surface area contributed by atoms with Crippen molar-refractivity contribution < 1.29 is 8.42 Å². The predicted octanol–water partition coefficient (Wildman–Crippen LogP) is 1.92. The van der Waals surface area contributed by atoms with Crippen LogP contribution in [0.1, 0.15) is 27.7 Å². The van der Waals surface area contributed by atoms with Crippen molar-refractivity contribution >= 4 is 21.5 Å². The molecule has 0 spiro atoms. The van der Waals surface area contributed by atoms with Crippen LogP contribution in [0.3, 0.4) is 0 Å². The van der Waals surface area contributed by atoms with Crippen LogP contribution in [-0.2, 0) is 9.84 Å². The van der Waals surface area contributed by atoms with Crippen LogP contribution in [0.5, 0.6) is 0 Å². The van der Waals surface area contributed by atoms with Crippen LogP contribution < -0.4 is 10.2 Å². The van der Waals surface area contributed by atoms with Crippen molar-refractivity contribution in [3.8, 4) is 0 Å². The largest absolute Gasteiger partial charge is 0.365 e. The van der Waals surface area contributed by atoms with Gasteiger partial charge >= 0.3 is 0 Å². The number of rotatable bonds is 2. The first kappa shape index (κ1) is 15.1. The minimum Gasteiger partial charge on any atom is -0.365 e. The number of anilines is 2. The van der Waals surface area contributed by atoms with E-state index >= 15 is 0 Å². The van der Waals surface area contributed by atoms with Crippen LogP contribution in [0.2, 0.25) is 0 Å². The Morgan fingerprint density at radius 3 is 2.65 bits per heavy atom. The summed E-state index contributed by atoms with van der Waals surface area (Å²) in [5.74, 6) is 2.05. The molecule has 1 aromatic heterocycles. The first-order valence-corrected chi connectivity index (χ1v) is 8.71. The van der Waals surface area contributed by atoms with Crippen molar-refractivity contribution in [3.63, 3.8) is 0 Å². The molecular formula is C14H23N3O2S. The zero-order chi connectivity index (χ0) is 15.0. The average molecular weight is 297 g/mol. The van der Waals surface area contributed by atoms with E-state index in [1.807, 2.05) is 25.1 Å². The van der Waals surface area contributed by atoms with Gasteiger partial charge in [-0.1, -0.05) is 6.07 Å². The van der Waals surface area contributed by atoms with Gasteiger partial charge in [0.25, 0.3) is 0 Å². The maximum Gasteiger partial charge on any atom is 0.154 e. The minimum atomic E-state index is -2.90. The Labute approximate surface area is 121 Å². The molecule has 1 saturated heterocycles. The Bertz CT molecular complexity index is 578. The quantitative estimate of drug-likeness (QED) is 0.903. The number of aromatic nitrogens is 1. The molecule has 0 amide bonds. The summed E-state index contributed by atoms with van der Waals surface area (Å²) >= 11 is 0. The van der Waals surface area contributed by atoms with Crippen LogP contribution in [-0.4, -0.2) is 43.0 Å². The summed E-state index contributed by atoms with van der Waals surface area (Å²) in [7, 11) is -2.90. The number of pyridine rings is 1. The Kier molecular flexibility index (Phi) is 3.95. The zero-order valence-corrected chi connectivity index (χ0v) is 13.4. The van der Waals surface area contributed by atoms with E-state index < -0.39 is 9.84 Å². The van der Waals surface area contributed by atoms with E-state index in [2.05, 4.69) is 36.0 Å². The highest BCUT2D eigenvalue weighted by atomic mass is 32.2. The summed E-state index contributed by atoms with van der Waals surface area (Å²) in [6, 6.07) is 5.78. The minimum absolute atomic E-state index is 0.0360. The highest BCUT2D eigenvalue weighted by Crippen LogP contribution is 2.22. The number of sulfone groups is 1. The Morgan fingerprint density at radius 1 is 1.35 bits per heavy atom. The molecule has 1 aromatic rings. The summed E-state index contributed by atoms with van der Waals surface area (Å²) in [5.41, 5.74) is -0.0531. The Morgan fingerprint density at radius 2 is 2.05 bits per heavy atom. The van der Waals surface area contributed by atoms with Crippen LogP contribution in [0, 0.1) is 0 Å². The van der Waals surface area contributed by atoms with Gasteiger partial charge < -0.3 is 10.2 Å². The number of hydrogen-bond donors (Lipinski definition) is 1. The lowest BCUT2D eigenvalue weighted by Crippen LogP contribution is -2.47. The smallest absolute Gasteiger partial charge is 0.154 e. The monoisotopic (exact) mass is 297 g/mol. The number of nitrogens with zero attached hydrogens (tertiary/aromatic N) is 2. The summed E-state index contributed by atoms with van der Waals surface area (Å²) in [6.07, 6.45) is 0. The molecule has 0 radical (unpaired) electrons. The van der Waals surface area contributed by atoms with Crippen molar-refractivity contribution in [2.75, 3.05) is 28.3 Å². The summed E-state index contributed by atoms with van der Waals surface area (Å²) in [4.78, 5) is 6.66. The van der Waals surface area contributed by atoms with E-state index in [0.717, 1.165) is 11.6 Å². The molecule has 1 fully saturated rings. The van der Waals surface area contributed by atoms with Gasteiger partial charge in [0.2, 0.25) is 0 Å². The number of nitrogens with one attached hydrogen (secondary N) is 1. The maximum absolute atomic E-state index is 11.6.